The number of benzene rings is 2. The Morgan fingerprint density at radius 3 is 1.31 bits per heavy atom. The molecular weight excluding hydrogens is 411 g/mol. The Morgan fingerprint density at radius 1 is 0.562 bits per heavy atom. The van der Waals surface area contributed by atoms with Gasteiger partial charge in [0.15, 0.2) is 7.14 Å². The summed E-state index contributed by atoms with van der Waals surface area (Å²) in [6, 6.07) is 19.5. The molecule has 0 saturated heterocycles. The zero-order valence-corrected chi connectivity index (χ0v) is 21.9. The Morgan fingerprint density at radius 2 is 0.969 bits per heavy atom. The maximum atomic E-state index is 15.2. The van der Waals surface area contributed by atoms with E-state index in [9.17, 15) is 0 Å². The van der Waals surface area contributed by atoms with Crippen LogP contribution in [0.25, 0.3) is 0 Å². The summed E-state index contributed by atoms with van der Waals surface area (Å²) in [4.78, 5) is 0. The van der Waals surface area contributed by atoms with Crippen LogP contribution < -0.4 is 16.0 Å². The topological polar surface area (TPSA) is 42.9 Å². The molecule has 0 N–H and O–H groups in total. The highest BCUT2D eigenvalue weighted by atomic mass is 31.2. The van der Waals surface area contributed by atoms with Crippen LogP contribution in [0.4, 0.5) is 0 Å². The van der Waals surface area contributed by atoms with Gasteiger partial charge >= 0.3 is 0 Å². The van der Waals surface area contributed by atoms with Gasteiger partial charge in [0, 0.05) is 16.0 Å². The normalized spacial score (nSPS) is 13.3. The van der Waals surface area contributed by atoms with Crippen LogP contribution in [0.3, 0.4) is 0 Å². The summed E-state index contributed by atoms with van der Waals surface area (Å²) in [6.45, 7) is 19.7. The highest BCUT2D eigenvalue weighted by Crippen LogP contribution is 2.47. The van der Waals surface area contributed by atoms with E-state index in [4.69, 9.17) is 10.2 Å². The summed E-state index contributed by atoms with van der Waals surface area (Å²) < 4.78 is 15.2. The Balaban J connectivity index is 2.56. The first-order valence-electron chi connectivity index (χ1n) is 11.3. The molecule has 0 radical (unpaired) electrons. The average Bonchev–Trinajstić information content (AvgIpc) is 2.71. The quantitative estimate of drug-likeness (QED) is 0.461. The van der Waals surface area contributed by atoms with Gasteiger partial charge in [-0.15, -0.1) is 5.10 Å². The summed E-state index contributed by atoms with van der Waals surface area (Å²) in [5, 5.41) is 11.2. The molecule has 4 heteroatoms. The van der Waals surface area contributed by atoms with Crippen molar-refractivity contribution in [3.8, 4) is 0 Å². The summed E-state index contributed by atoms with van der Waals surface area (Å²) in [7, 11) is -3.25. The molecule has 0 amide bonds. The minimum absolute atomic E-state index is 0.183. The van der Waals surface area contributed by atoms with Gasteiger partial charge in [0.05, 0.1) is 5.69 Å². The Kier molecular flexibility index (Phi) is 6.30. The summed E-state index contributed by atoms with van der Waals surface area (Å²) >= 11 is 0. The third kappa shape index (κ3) is 4.46. The number of rotatable bonds is 3. The van der Waals surface area contributed by atoms with Crippen LogP contribution in [0, 0.1) is 0 Å². The number of hydrogen-bond donors (Lipinski definition) is 0. The molecular formula is C28H37N2OP. The molecule has 3 aromatic rings. The van der Waals surface area contributed by atoms with Crippen molar-refractivity contribution in [1.29, 1.82) is 0 Å². The monoisotopic (exact) mass is 448 g/mol. The Labute approximate surface area is 194 Å². The lowest BCUT2D eigenvalue weighted by Crippen LogP contribution is -2.40. The predicted molar refractivity (Wildman–Crippen MR) is 138 cm³/mol. The maximum absolute atomic E-state index is 15.2. The lowest BCUT2D eigenvalue weighted by Gasteiger charge is -2.37. The Hall–Kier alpha value is -2.25. The molecule has 0 bridgehead atoms. The molecule has 2 aromatic carbocycles. The number of aromatic nitrogens is 2. The van der Waals surface area contributed by atoms with E-state index in [-0.39, 0.29) is 16.2 Å². The van der Waals surface area contributed by atoms with Crippen LogP contribution >= 0.6 is 7.14 Å². The van der Waals surface area contributed by atoms with Crippen molar-refractivity contribution in [3.05, 3.63) is 77.5 Å². The molecule has 32 heavy (non-hydrogen) atoms. The molecule has 170 valence electrons. The van der Waals surface area contributed by atoms with Crippen molar-refractivity contribution in [2.45, 2.75) is 78.6 Å². The molecule has 0 atom stereocenters. The smallest absolute Gasteiger partial charge is 0.190 e. The van der Waals surface area contributed by atoms with Crippen LogP contribution in [0.1, 0.15) is 79.1 Å². The van der Waals surface area contributed by atoms with E-state index in [0.29, 0.717) is 5.44 Å². The second kappa shape index (κ2) is 8.27. The Bertz CT molecular complexity index is 1090. The zero-order valence-electron chi connectivity index (χ0n) is 21.0. The van der Waals surface area contributed by atoms with E-state index >= 15 is 4.57 Å². The molecule has 1 aromatic heterocycles. The van der Waals surface area contributed by atoms with Crippen LogP contribution in [0.15, 0.2) is 60.7 Å². The van der Waals surface area contributed by atoms with Crippen molar-refractivity contribution in [3.63, 3.8) is 0 Å². The minimum Gasteiger partial charge on any atom is -0.307 e. The first kappa shape index (κ1) is 24.4. The van der Waals surface area contributed by atoms with E-state index in [1.54, 1.807) is 0 Å². The van der Waals surface area contributed by atoms with Crippen molar-refractivity contribution in [2.75, 3.05) is 0 Å². The fourth-order valence-electron chi connectivity index (χ4n) is 4.28. The fourth-order valence-corrected chi connectivity index (χ4v) is 7.19. The molecule has 0 aliphatic carbocycles. The summed E-state index contributed by atoms with van der Waals surface area (Å²) in [6.07, 6.45) is 0. The maximum Gasteiger partial charge on any atom is 0.190 e. The molecule has 0 saturated carbocycles. The van der Waals surface area contributed by atoms with Crippen molar-refractivity contribution >= 4 is 23.2 Å². The minimum atomic E-state index is -3.25. The van der Waals surface area contributed by atoms with Crippen LogP contribution in [-0.4, -0.2) is 10.2 Å². The highest BCUT2D eigenvalue weighted by molar-refractivity contribution is 7.85. The summed E-state index contributed by atoms with van der Waals surface area (Å²) in [5.41, 5.74) is 3.17. The molecule has 3 nitrogen and oxygen atoms in total. The van der Waals surface area contributed by atoms with Gasteiger partial charge < -0.3 is 4.57 Å². The van der Waals surface area contributed by atoms with Gasteiger partial charge in [0.25, 0.3) is 0 Å². The van der Waals surface area contributed by atoms with Crippen LogP contribution in [0.5, 0.6) is 0 Å². The summed E-state index contributed by atoms with van der Waals surface area (Å²) in [5.74, 6) is 0. The molecule has 0 spiro atoms. The van der Waals surface area contributed by atoms with Gasteiger partial charge in [-0.1, -0.05) is 123 Å². The van der Waals surface area contributed by atoms with Gasteiger partial charge in [0.2, 0.25) is 0 Å². The van der Waals surface area contributed by atoms with Crippen molar-refractivity contribution in [1.82, 2.24) is 10.2 Å². The lowest BCUT2D eigenvalue weighted by atomic mass is 9.71. The van der Waals surface area contributed by atoms with Gasteiger partial charge in [-0.25, -0.2) is 0 Å². The molecule has 0 fully saturated rings. The van der Waals surface area contributed by atoms with E-state index in [2.05, 4.69) is 62.3 Å². The standard InChI is InChI=1S/C28H37N2OP/c1-26(2,3)22-23(27(4,5)6)25(30-29-24(22)28(7,8)9)32(31,20-16-12-10-13-17-20)21-18-14-11-15-19-21/h10-19H,1-9H3. The number of hydrogen-bond acceptors (Lipinski definition) is 3. The molecule has 0 unspecified atom stereocenters. The SMILES string of the molecule is CC(C)(C)c1nnc(P(=O)(c2ccccc2)c2ccccc2)c(C(C)(C)C)c1C(C)(C)C. The van der Waals surface area contributed by atoms with Gasteiger partial charge in [-0.05, 0) is 22.0 Å². The molecule has 3 rings (SSSR count). The molecule has 1 heterocycles. The third-order valence-electron chi connectivity index (χ3n) is 5.70. The fraction of sp³-hybridized carbons (Fsp3) is 0.429. The second-order valence-corrected chi connectivity index (χ2v) is 14.3. The van der Waals surface area contributed by atoms with E-state index in [1.807, 2.05) is 60.7 Å². The zero-order chi connectivity index (χ0) is 23.9. The van der Waals surface area contributed by atoms with Gasteiger partial charge in [-0.2, -0.15) is 5.10 Å². The van der Waals surface area contributed by atoms with E-state index in [0.717, 1.165) is 27.4 Å². The lowest BCUT2D eigenvalue weighted by molar-refractivity contribution is 0.479. The number of nitrogens with zero attached hydrogens (tertiary/aromatic N) is 2. The average molecular weight is 449 g/mol. The highest BCUT2D eigenvalue weighted by Gasteiger charge is 2.42. The second-order valence-electron chi connectivity index (χ2n) is 11.7. The van der Waals surface area contributed by atoms with Crippen molar-refractivity contribution in [2.24, 2.45) is 0 Å². The largest absolute Gasteiger partial charge is 0.307 e. The van der Waals surface area contributed by atoms with Gasteiger partial charge in [0.1, 0.15) is 5.44 Å². The first-order chi connectivity index (χ1) is 14.7. The van der Waals surface area contributed by atoms with E-state index in [1.165, 1.54) is 0 Å². The van der Waals surface area contributed by atoms with Crippen molar-refractivity contribution < 1.29 is 4.57 Å². The van der Waals surface area contributed by atoms with Crippen LogP contribution in [0.2, 0.25) is 0 Å². The van der Waals surface area contributed by atoms with Gasteiger partial charge in [-0.3, -0.25) is 0 Å². The third-order valence-corrected chi connectivity index (χ3v) is 8.66. The molecule has 0 aliphatic rings. The predicted octanol–water partition coefficient (Wildman–Crippen LogP) is 6.01. The first-order valence-corrected chi connectivity index (χ1v) is 13.0. The molecule has 0 aliphatic heterocycles. The van der Waals surface area contributed by atoms with Crippen LogP contribution in [-0.2, 0) is 20.8 Å². The van der Waals surface area contributed by atoms with E-state index < -0.39 is 7.14 Å².